The third-order valence-electron chi connectivity index (χ3n) is 5.18. The molecule has 162 valence electrons. The molecule has 2 amide bonds. The molecule has 1 N–H and O–H groups in total. The van der Waals surface area contributed by atoms with Gasteiger partial charge in [-0.3, -0.25) is 14.6 Å². The lowest BCUT2D eigenvalue weighted by molar-refractivity contribution is -0.123. The topological polar surface area (TPSA) is 71.0 Å². The minimum absolute atomic E-state index is 0.0618. The number of nitrogens with one attached hydrogen (secondary N) is 1. The molecule has 1 heterocycles. The molecule has 3 aromatic carbocycles. The first-order valence-corrected chi connectivity index (χ1v) is 10.2. The van der Waals surface area contributed by atoms with Crippen LogP contribution in [0.4, 0.5) is 15.8 Å². The van der Waals surface area contributed by atoms with Crippen molar-refractivity contribution in [2.45, 2.75) is 13.0 Å². The predicted molar refractivity (Wildman–Crippen MR) is 121 cm³/mol. The molecule has 6 nitrogen and oxygen atoms in total. The van der Waals surface area contributed by atoms with Gasteiger partial charge in [0.25, 0.3) is 0 Å². The van der Waals surface area contributed by atoms with E-state index in [4.69, 9.17) is 9.73 Å². The van der Waals surface area contributed by atoms with E-state index in [9.17, 15) is 14.0 Å². The highest BCUT2D eigenvalue weighted by Gasteiger charge is 2.26. The summed E-state index contributed by atoms with van der Waals surface area (Å²) >= 11 is 0. The summed E-state index contributed by atoms with van der Waals surface area (Å²) in [4.78, 5) is 31.9. The molecule has 32 heavy (non-hydrogen) atoms. The van der Waals surface area contributed by atoms with E-state index in [1.807, 2.05) is 42.5 Å². The second-order valence-corrected chi connectivity index (χ2v) is 7.34. The Labute approximate surface area is 185 Å². The number of carbonyl (C=O) groups is 2. The number of nitrogens with zero attached hydrogens (tertiary/aromatic N) is 2. The second-order valence-electron chi connectivity index (χ2n) is 7.34. The van der Waals surface area contributed by atoms with Gasteiger partial charge in [-0.1, -0.05) is 24.3 Å². The molecule has 0 aliphatic carbocycles. The van der Waals surface area contributed by atoms with Crippen molar-refractivity contribution in [1.29, 1.82) is 0 Å². The van der Waals surface area contributed by atoms with Crippen molar-refractivity contribution >= 4 is 28.9 Å². The summed E-state index contributed by atoms with van der Waals surface area (Å²) in [5.41, 5.74) is 3.41. The van der Waals surface area contributed by atoms with E-state index in [-0.39, 0.29) is 37.1 Å². The summed E-state index contributed by atoms with van der Waals surface area (Å²) in [6.45, 7) is 0.110. The Balaban J connectivity index is 1.52. The molecular formula is C25H22FN3O3. The van der Waals surface area contributed by atoms with Crippen molar-refractivity contribution in [3.05, 3.63) is 89.7 Å². The molecule has 0 radical (unpaired) electrons. The van der Waals surface area contributed by atoms with E-state index in [1.54, 1.807) is 25.3 Å². The van der Waals surface area contributed by atoms with E-state index in [1.165, 1.54) is 17.0 Å². The molecule has 0 fully saturated rings. The molecule has 3 aromatic rings. The predicted octanol–water partition coefficient (Wildman–Crippen LogP) is 4.01. The number of anilines is 1. The zero-order valence-corrected chi connectivity index (χ0v) is 17.5. The SMILES string of the molecule is COc1ccc(C2=Nc3ccccc3N(CC(=O)NCc3ccc(F)cc3)C(=O)C2)cc1. The van der Waals surface area contributed by atoms with Crippen molar-refractivity contribution < 1.29 is 18.7 Å². The minimum atomic E-state index is -0.334. The number of methoxy groups -OCH3 is 1. The highest BCUT2D eigenvalue weighted by atomic mass is 19.1. The average molecular weight is 431 g/mol. The van der Waals surface area contributed by atoms with Gasteiger partial charge in [0.1, 0.15) is 18.1 Å². The average Bonchev–Trinajstić information content (AvgIpc) is 2.95. The van der Waals surface area contributed by atoms with Gasteiger partial charge in [0.15, 0.2) is 0 Å². The van der Waals surface area contributed by atoms with Gasteiger partial charge in [-0.15, -0.1) is 0 Å². The van der Waals surface area contributed by atoms with E-state index < -0.39 is 0 Å². The van der Waals surface area contributed by atoms with Gasteiger partial charge in [0.05, 0.1) is 30.6 Å². The fourth-order valence-electron chi connectivity index (χ4n) is 3.47. The Morgan fingerprint density at radius 3 is 2.50 bits per heavy atom. The number of amides is 2. The first-order valence-electron chi connectivity index (χ1n) is 10.2. The van der Waals surface area contributed by atoms with Crippen LogP contribution in [0.5, 0.6) is 5.75 Å². The molecule has 0 bridgehead atoms. The van der Waals surface area contributed by atoms with Gasteiger partial charge in [0.2, 0.25) is 11.8 Å². The normalized spacial score (nSPS) is 13.1. The lowest BCUT2D eigenvalue weighted by atomic mass is 10.1. The standard InChI is InChI=1S/C25H22FN3O3/c1-32-20-12-8-18(9-13-20)22-14-25(31)29(23-5-3-2-4-21(23)28-22)16-24(30)27-15-17-6-10-19(26)11-7-17/h2-13H,14-16H2,1H3,(H,27,30). The summed E-state index contributed by atoms with van der Waals surface area (Å²) in [5, 5.41) is 2.79. The number of aliphatic imine (C=N–C) groups is 1. The molecule has 7 heteroatoms. The number of rotatable bonds is 6. The Morgan fingerprint density at radius 2 is 1.78 bits per heavy atom. The van der Waals surface area contributed by atoms with Crippen LogP contribution in [0, 0.1) is 5.82 Å². The monoisotopic (exact) mass is 431 g/mol. The number of hydrogen-bond acceptors (Lipinski definition) is 4. The van der Waals surface area contributed by atoms with Gasteiger partial charge in [-0.2, -0.15) is 0 Å². The summed E-state index contributed by atoms with van der Waals surface area (Å²) in [6.07, 6.45) is 0.0618. The zero-order chi connectivity index (χ0) is 22.5. The van der Waals surface area contributed by atoms with Crippen LogP contribution in [-0.4, -0.2) is 31.2 Å². The van der Waals surface area contributed by atoms with Crippen molar-refractivity contribution in [2.75, 3.05) is 18.6 Å². The summed E-state index contributed by atoms with van der Waals surface area (Å²) in [7, 11) is 1.59. The van der Waals surface area contributed by atoms with Crippen LogP contribution in [0.25, 0.3) is 0 Å². The summed E-state index contributed by atoms with van der Waals surface area (Å²) in [5.74, 6) is -0.152. The number of fused-ring (bicyclic) bond motifs is 1. The lowest BCUT2D eigenvalue weighted by Gasteiger charge is -2.22. The summed E-state index contributed by atoms with van der Waals surface area (Å²) < 4.78 is 18.3. The number of halogens is 1. The van der Waals surface area contributed by atoms with Gasteiger partial charge >= 0.3 is 0 Å². The molecule has 0 spiro atoms. The van der Waals surface area contributed by atoms with Gasteiger partial charge in [-0.05, 0) is 59.7 Å². The van der Waals surface area contributed by atoms with E-state index in [2.05, 4.69) is 5.32 Å². The largest absolute Gasteiger partial charge is 0.497 e. The lowest BCUT2D eigenvalue weighted by Crippen LogP contribution is -2.41. The molecule has 0 atom stereocenters. The van der Waals surface area contributed by atoms with Crippen LogP contribution >= 0.6 is 0 Å². The smallest absolute Gasteiger partial charge is 0.240 e. The Bertz CT molecular complexity index is 1160. The van der Waals surface area contributed by atoms with Crippen molar-refractivity contribution in [3.8, 4) is 5.75 Å². The molecular weight excluding hydrogens is 409 g/mol. The van der Waals surface area contributed by atoms with Crippen LogP contribution < -0.4 is 15.0 Å². The zero-order valence-electron chi connectivity index (χ0n) is 17.5. The Kier molecular flexibility index (Phi) is 6.26. The first kappa shape index (κ1) is 21.2. The fraction of sp³-hybridized carbons (Fsp3) is 0.160. The highest BCUT2D eigenvalue weighted by molar-refractivity contribution is 6.18. The maximum absolute atomic E-state index is 13.1. The highest BCUT2D eigenvalue weighted by Crippen LogP contribution is 2.33. The summed E-state index contributed by atoms with van der Waals surface area (Å²) in [6, 6.07) is 20.5. The van der Waals surface area contributed by atoms with Crippen LogP contribution in [0.15, 0.2) is 77.8 Å². The maximum atomic E-state index is 13.1. The van der Waals surface area contributed by atoms with Gasteiger partial charge in [0, 0.05) is 6.54 Å². The third-order valence-corrected chi connectivity index (χ3v) is 5.18. The van der Waals surface area contributed by atoms with Crippen LogP contribution in [0.3, 0.4) is 0 Å². The second kappa shape index (κ2) is 9.43. The molecule has 0 aromatic heterocycles. The van der Waals surface area contributed by atoms with E-state index >= 15 is 0 Å². The van der Waals surface area contributed by atoms with Crippen LogP contribution in [0.1, 0.15) is 17.5 Å². The number of carbonyl (C=O) groups excluding carboxylic acids is 2. The maximum Gasteiger partial charge on any atom is 0.240 e. The molecule has 0 saturated carbocycles. The molecule has 1 aliphatic heterocycles. The number of hydrogen-bond donors (Lipinski definition) is 1. The molecule has 1 aliphatic rings. The molecule has 0 unspecified atom stereocenters. The number of para-hydroxylation sites is 2. The number of benzene rings is 3. The van der Waals surface area contributed by atoms with Crippen LogP contribution in [0.2, 0.25) is 0 Å². The fourth-order valence-corrected chi connectivity index (χ4v) is 3.47. The van der Waals surface area contributed by atoms with Gasteiger partial charge < -0.3 is 15.0 Å². The van der Waals surface area contributed by atoms with Gasteiger partial charge in [-0.25, -0.2) is 4.39 Å². The van der Waals surface area contributed by atoms with E-state index in [0.717, 1.165) is 11.1 Å². The van der Waals surface area contributed by atoms with Crippen molar-refractivity contribution in [3.63, 3.8) is 0 Å². The first-order chi connectivity index (χ1) is 15.5. The van der Waals surface area contributed by atoms with Crippen molar-refractivity contribution in [1.82, 2.24) is 5.32 Å². The molecule has 0 saturated heterocycles. The molecule has 4 rings (SSSR count). The van der Waals surface area contributed by atoms with Crippen molar-refractivity contribution in [2.24, 2.45) is 4.99 Å². The number of ether oxygens (including phenoxy) is 1. The van der Waals surface area contributed by atoms with Crippen LogP contribution in [-0.2, 0) is 16.1 Å². The Hall–Kier alpha value is -4.00. The third kappa shape index (κ3) is 4.83. The Morgan fingerprint density at radius 1 is 1.06 bits per heavy atom. The quantitative estimate of drug-likeness (QED) is 0.641. The van der Waals surface area contributed by atoms with E-state index in [0.29, 0.717) is 22.8 Å². The minimum Gasteiger partial charge on any atom is -0.497 e.